The number of carbonyl (C=O) groups is 1. The maximum Gasteiger partial charge on any atom is 0.222 e. The van der Waals surface area contributed by atoms with Crippen molar-refractivity contribution in [3.05, 3.63) is 59.0 Å². The first-order valence-electron chi connectivity index (χ1n) is 10.5. The first-order valence-corrected chi connectivity index (χ1v) is 10.5. The van der Waals surface area contributed by atoms with Crippen LogP contribution in [-0.2, 0) is 23.5 Å². The molecule has 1 fully saturated rings. The lowest BCUT2D eigenvalue weighted by Gasteiger charge is -2.22. The third kappa shape index (κ3) is 5.86. The number of aliphatic imine (C=N–C) groups is 1. The molecule has 0 saturated carbocycles. The summed E-state index contributed by atoms with van der Waals surface area (Å²) in [7, 11) is 0. The number of carbonyl (C=O) groups excluding carboxylic acids is 1. The van der Waals surface area contributed by atoms with E-state index in [4.69, 9.17) is 4.42 Å². The minimum absolute atomic E-state index is 0.241. The summed E-state index contributed by atoms with van der Waals surface area (Å²) in [6, 6.07) is 11.8. The molecule has 1 atom stereocenters. The van der Waals surface area contributed by atoms with E-state index in [2.05, 4.69) is 27.8 Å². The molecule has 1 saturated heterocycles. The van der Waals surface area contributed by atoms with Gasteiger partial charge in [0.1, 0.15) is 17.1 Å². The van der Waals surface area contributed by atoms with Crippen molar-refractivity contribution in [2.45, 2.75) is 52.3 Å². The number of amides is 1. The predicted octanol–water partition coefficient (Wildman–Crippen LogP) is 2.67. The Bertz CT molecular complexity index is 871. The number of aryl methyl sites for hydroxylation is 1. The highest BCUT2D eigenvalue weighted by atomic mass is 16.4. The fourth-order valence-electron chi connectivity index (χ4n) is 3.42. The molecular formula is C23H32N4O3. The van der Waals surface area contributed by atoms with Crippen LogP contribution in [0.15, 0.2) is 45.8 Å². The van der Waals surface area contributed by atoms with Gasteiger partial charge in [0, 0.05) is 26.1 Å². The summed E-state index contributed by atoms with van der Waals surface area (Å²) in [6.07, 6.45) is 1.62. The average Bonchev–Trinajstić information content (AvgIpc) is 3.34. The van der Waals surface area contributed by atoms with Gasteiger partial charge in [0.2, 0.25) is 5.91 Å². The first-order chi connectivity index (χ1) is 14.4. The molecule has 1 aliphatic rings. The monoisotopic (exact) mass is 412 g/mol. The number of furan rings is 1. The van der Waals surface area contributed by atoms with Gasteiger partial charge in [-0.3, -0.25) is 4.79 Å². The lowest BCUT2D eigenvalue weighted by molar-refractivity contribution is -0.128. The Morgan fingerprint density at radius 1 is 1.20 bits per heavy atom. The molecule has 3 rings (SSSR count). The molecule has 1 aromatic heterocycles. The number of aliphatic hydroxyl groups is 1. The van der Waals surface area contributed by atoms with Gasteiger partial charge in [-0.05, 0) is 50.5 Å². The second-order valence-electron chi connectivity index (χ2n) is 7.97. The van der Waals surface area contributed by atoms with E-state index in [-0.39, 0.29) is 12.5 Å². The van der Waals surface area contributed by atoms with Gasteiger partial charge in [-0.1, -0.05) is 24.3 Å². The van der Waals surface area contributed by atoms with Gasteiger partial charge in [0.15, 0.2) is 5.96 Å². The Balaban J connectivity index is 1.56. The highest BCUT2D eigenvalue weighted by Crippen LogP contribution is 2.22. The van der Waals surface area contributed by atoms with E-state index in [0.717, 1.165) is 36.4 Å². The third-order valence-electron chi connectivity index (χ3n) is 5.20. The molecule has 7 heteroatoms. The fourth-order valence-corrected chi connectivity index (χ4v) is 3.42. The van der Waals surface area contributed by atoms with E-state index < -0.39 is 5.60 Å². The SMILES string of the molecule is CCNC(=NCc1ccc(CN2CCCC2=O)cc1)NCC(C)(O)c1ccc(C)o1. The summed E-state index contributed by atoms with van der Waals surface area (Å²) in [5, 5.41) is 17.1. The molecule has 2 aromatic rings. The summed E-state index contributed by atoms with van der Waals surface area (Å²) in [4.78, 5) is 18.3. The van der Waals surface area contributed by atoms with E-state index in [9.17, 15) is 9.90 Å². The topological polar surface area (TPSA) is 90.1 Å². The lowest BCUT2D eigenvalue weighted by atomic mass is 10.0. The summed E-state index contributed by atoms with van der Waals surface area (Å²) >= 11 is 0. The number of hydrogen-bond donors (Lipinski definition) is 3. The molecule has 0 spiro atoms. The maximum atomic E-state index is 11.8. The Morgan fingerprint density at radius 3 is 2.53 bits per heavy atom. The summed E-state index contributed by atoms with van der Waals surface area (Å²) in [5.41, 5.74) is 1.07. The number of benzene rings is 1. The van der Waals surface area contributed by atoms with E-state index >= 15 is 0 Å². The van der Waals surface area contributed by atoms with E-state index in [1.54, 1.807) is 13.0 Å². The zero-order valence-electron chi connectivity index (χ0n) is 18.1. The third-order valence-corrected chi connectivity index (χ3v) is 5.20. The Morgan fingerprint density at radius 2 is 1.93 bits per heavy atom. The minimum Gasteiger partial charge on any atom is -0.463 e. The molecule has 0 radical (unpaired) electrons. The minimum atomic E-state index is -1.14. The number of likely N-dealkylation sites (tertiary alicyclic amines) is 1. The van der Waals surface area contributed by atoms with Gasteiger partial charge in [-0.2, -0.15) is 0 Å². The van der Waals surface area contributed by atoms with Crippen molar-refractivity contribution in [1.29, 1.82) is 0 Å². The van der Waals surface area contributed by atoms with Crippen molar-refractivity contribution >= 4 is 11.9 Å². The number of nitrogens with zero attached hydrogens (tertiary/aromatic N) is 2. The van der Waals surface area contributed by atoms with Crippen LogP contribution in [0.25, 0.3) is 0 Å². The Kier molecular flexibility index (Phi) is 7.15. The number of hydrogen-bond acceptors (Lipinski definition) is 4. The van der Waals surface area contributed by atoms with Gasteiger partial charge in [0.05, 0.1) is 13.1 Å². The predicted molar refractivity (Wildman–Crippen MR) is 117 cm³/mol. The summed E-state index contributed by atoms with van der Waals surface area (Å²) < 4.78 is 5.56. The van der Waals surface area contributed by atoms with Gasteiger partial charge < -0.3 is 25.1 Å². The largest absolute Gasteiger partial charge is 0.463 e. The first kappa shape index (κ1) is 21.9. The molecule has 0 bridgehead atoms. The quantitative estimate of drug-likeness (QED) is 0.458. The molecular weight excluding hydrogens is 380 g/mol. The van der Waals surface area contributed by atoms with E-state index in [1.807, 2.05) is 36.9 Å². The van der Waals surface area contributed by atoms with Gasteiger partial charge in [0.25, 0.3) is 0 Å². The van der Waals surface area contributed by atoms with Crippen LogP contribution in [0.2, 0.25) is 0 Å². The number of nitrogens with one attached hydrogen (secondary N) is 2. The molecule has 1 aromatic carbocycles. The second kappa shape index (κ2) is 9.80. The molecule has 1 amide bonds. The van der Waals surface area contributed by atoms with Crippen LogP contribution >= 0.6 is 0 Å². The zero-order chi connectivity index (χ0) is 21.6. The molecule has 3 N–H and O–H groups in total. The average molecular weight is 413 g/mol. The van der Waals surface area contributed by atoms with Crippen molar-refractivity contribution in [3.8, 4) is 0 Å². The van der Waals surface area contributed by atoms with Crippen molar-refractivity contribution in [3.63, 3.8) is 0 Å². The van der Waals surface area contributed by atoms with Crippen molar-refractivity contribution < 1.29 is 14.3 Å². The highest BCUT2D eigenvalue weighted by Gasteiger charge is 2.27. The van der Waals surface area contributed by atoms with Crippen molar-refractivity contribution in [2.75, 3.05) is 19.6 Å². The molecule has 162 valence electrons. The lowest BCUT2D eigenvalue weighted by Crippen LogP contribution is -2.44. The highest BCUT2D eigenvalue weighted by molar-refractivity contribution is 5.80. The van der Waals surface area contributed by atoms with Crippen LogP contribution < -0.4 is 10.6 Å². The Labute approximate surface area is 178 Å². The Hall–Kier alpha value is -2.80. The standard InChI is InChI=1S/C23H32N4O3/c1-4-24-22(26-16-23(3,29)20-12-7-17(2)30-20)25-14-18-8-10-19(11-9-18)15-27-13-5-6-21(27)28/h7-12,29H,4-6,13-16H2,1-3H3,(H2,24,25,26). The second-order valence-corrected chi connectivity index (χ2v) is 7.97. The van der Waals surface area contributed by atoms with Crippen molar-refractivity contribution in [1.82, 2.24) is 15.5 Å². The van der Waals surface area contributed by atoms with Crippen molar-refractivity contribution in [2.24, 2.45) is 4.99 Å². The molecule has 7 nitrogen and oxygen atoms in total. The van der Waals surface area contributed by atoms with E-state index in [0.29, 0.717) is 31.2 Å². The number of guanidine groups is 1. The molecule has 30 heavy (non-hydrogen) atoms. The van der Waals surface area contributed by atoms with Crippen LogP contribution in [0.4, 0.5) is 0 Å². The smallest absolute Gasteiger partial charge is 0.222 e. The number of rotatable bonds is 8. The van der Waals surface area contributed by atoms with Crippen LogP contribution in [-0.4, -0.2) is 41.5 Å². The van der Waals surface area contributed by atoms with Gasteiger partial charge >= 0.3 is 0 Å². The molecule has 1 unspecified atom stereocenters. The van der Waals surface area contributed by atoms with E-state index in [1.165, 1.54) is 0 Å². The zero-order valence-corrected chi connectivity index (χ0v) is 18.1. The summed E-state index contributed by atoms with van der Waals surface area (Å²) in [5.74, 6) is 2.16. The fraction of sp³-hybridized carbons (Fsp3) is 0.478. The van der Waals surface area contributed by atoms with Crippen LogP contribution in [0.3, 0.4) is 0 Å². The van der Waals surface area contributed by atoms with Gasteiger partial charge in [-0.15, -0.1) is 0 Å². The maximum absolute atomic E-state index is 11.8. The molecule has 2 heterocycles. The molecule has 0 aliphatic carbocycles. The summed E-state index contributed by atoms with van der Waals surface area (Å²) in [6.45, 7) is 8.60. The van der Waals surface area contributed by atoms with Crippen LogP contribution in [0.1, 0.15) is 49.3 Å². The normalized spacial score (nSPS) is 16.6. The van der Waals surface area contributed by atoms with Crippen LogP contribution in [0, 0.1) is 6.92 Å². The molecule has 1 aliphatic heterocycles. The van der Waals surface area contributed by atoms with Crippen LogP contribution in [0.5, 0.6) is 0 Å². The van der Waals surface area contributed by atoms with Gasteiger partial charge in [-0.25, -0.2) is 4.99 Å².